The number of rotatable bonds is 5. The van der Waals surface area contributed by atoms with Crippen molar-refractivity contribution in [2.45, 2.75) is 13.3 Å². The number of nitrogens with zero attached hydrogens (tertiary/aromatic N) is 2. The Morgan fingerprint density at radius 2 is 2.12 bits per heavy atom. The van der Waals surface area contributed by atoms with Gasteiger partial charge in [-0.05, 0) is 37.1 Å². The topological polar surface area (TPSA) is 108 Å². The molecule has 3 aromatic heterocycles. The zero-order chi connectivity index (χ0) is 22.2. The molecule has 0 amide bonds. The van der Waals surface area contributed by atoms with Crippen LogP contribution in [0.25, 0.3) is 22.3 Å². The van der Waals surface area contributed by atoms with Crippen molar-refractivity contribution in [1.82, 2.24) is 19.9 Å². The van der Waals surface area contributed by atoms with E-state index in [0.717, 1.165) is 17.3 Å². The normalized spacial score (nSPS) is 12.8. The van der Waals surface area contributed by atoms with E-state index in [1.807, 2.05) is 6.92 Å². The van der Waals surface area contributed by atoms with E-state index < -0.39 is 11.6 Å². The number of anilines is 2. The SMILES string of the molecule is Cc1[nH]c2c(F)cc(F)cc2c1CCNc1nc(-c2ccc[nH]c2=O)nc2c1OCCN2. The van der Waals surface area contributed by atoms with Gasteiger partial charge in [0, 0.05) is 29.9 Å². The molecular weight excluding hydrogens is 418 g/mol. The van der Waals surface area contributed by atoms with Gasteiger partial charge in [-0.3, -0.25) is 4.79 Å². The van der Waals surface area contributed by atoms with Gasteiger partial charge < -0.3 is 25.3 Å². The Labute approximate surface area is 181 Å². The first-order chi connectivity index (χ1) is 15.5. The van der Waals surface area contributed by atoms with Crippen LogP contribution in [0.5, 0.6) is 5.75 Å². The Morgan fingerprint density at radius 3 is 2.97 bits per heavy atom. The van der Waals surface area contributed by atoms with Gasteiger partial charge in [0.25, 0.3) is 5.56 Å². The fraction of sp³-hybridized carbons (Fsp3) is 0.227. The molecule has 0 unspecified atom stereocenters. The molecule has 0 bridgehead atoms. The summed E-state index contributed by atoms with van der Waals surface area (Å²) in [5, 5.41) is 6.91. The molecule has 4 heterocycles. The van der Waals surface area contributed by atoms with Gasteiger partial charge in [-0.1, -0.05) is 0 Å². The summed E-state index contributed by atoms with van der Waals surface area (Å²) in [6, 6.07) is 5.54. The number of aromatic nitrogens is 4. The van der Waals surface area contributed by atoms with Gasteiger partial charge in [-0.25, -0.2) is 18.7 Å². The molecule has 4 aromatic rings. The molecule has 0 aliphatic carbocycles. The second-order valence-electron chi connectivity index (χ2n) is 7.48. The molecule has 0 saturated heterocycles. The third-order valence-corrected chi connectivity index (χ3v) is 5.38. The van der Waals surface area contributed by atoms with E-state index in [1.165, 1.54) is 6.07 Å². The molecule has 5 rings (SSSR count). The Kier molecular flexibility index (Phi) is 4.96. The maximum Gasteiger partial charge on any atom is 0.259 e. The Bertz CT molecular complexity index is 1380. The molecule has 8 nitrogen and oxygen atoms in total. The van der Waals surface area contributed by atoms with E-state index in [-0.39, 0.29) is 16.9 Å². The minimum atomic E-state index is -0.621. The number of halogens is 2. The lowest BCUT2D eigenvalue weighted by Crippen LogP contribution is -2.22. The number of fused-ring (bicyclic) bond motifs is 2. The van der Waals surface area contributed by atoms with E-state index in [2.05, 4.69) is 30.6 Å². The van der Waals surface area contributed by atoms with E-state index in [0.29, 0.717) is 54.5 Å². The number of aryl methyl sites for hydroxylation is 1. The number of benzene rings is 1. The van der Waals surface area contributed by atoms with Gasteiger partial charge in [0.2, 0.25) is 5.75 Å². The van der Waals surface area contributed by atoms with Gasteiger partial charge in [0.15, 0.2) is 17.5 Å². The largest absolute Gasteiger partial charge is 0.485 e. The van der Waals surface area contributed by atoms with Gasteiger partial charge in [-0.2, -0.15) is 0 Å². The lowest BCUT2D eigenvalue weighted by Gasteiger charge is -2.21. The summed E-state index contributed by atoms with van der Waals surface area (Å²) in [6.07, 6.45) is 2.03. The second kappa shape index (κ2) is 7.95. The van der Waals surface area contributed by atoms with E-state index in [9.17, 15) is 13.6 Å². The molecule has 1 aliphatic heterocycles. The fourth-order valence-electron chi connectivity index (χ4n) is 3.90. The van der Waals surface area contributed by atoms with Crippen LogP contribution in [0, 0.1) is 18.6 Å². The first-order valence-corrected chi connectivity index (χ1v) is 10.2. The van der Waals surface area contributed by atoms with Crippen LogP contribution in [-0.4, -0.2) is 39.6 Å². The summed E-state index contributed by atoms with van der Waals surface area (Å²) in [5.74, 6) is 0.433. The number of H-pyrrole nitrogens is 2. The average molecular weight is 438 g/mol. The van der Waals surface area contributed by atoms with E-state index in [4.69, 9.17) is 4.74 Å². The summed E-state index contributed by atoms with van der Waals surface area (Å²) in [4.78, 5) is 26.8. The third-order valence-electron chi connectivity index (χ3n) is 5.38. The number of nitrogens with one attached hydrogen (secondary N) is 4. The molecular formula is C22H20F2N6O2. The van der Waals surface area contributed by atoms with Gasteiger partial charge in [-0.15, -0.1) is 0 Å². The summed E-state index contributed by atoms with van der Waals surface area (Å²) in [7, 11) is 0. The number of ether oxygens (including phenoxy) is 1. The molecule has 0 atom stereocenters. The quantitative estimate of drug-likeness (QED) is 0.381. The summed E-state index contributed by atoms with van der Waals surface area (Å²) in [6.45, 7) is 3.28. The highest BCUT2D eigenvalue weighted by atomic mass is 19.1. The zero-order valence-corrected chi connectivity index (χ0v) is 17.2. The van der Waals surface area contributed by atoms with E-state index in [1.54, 1.807) is 18.3 Å². The predicted molar refractivity (Wildman–Crippen MR) is 117 cm³/mol. The minimum Gasteiger partial charge on any atom is -0.485 e. The molecule has 0 radical (unpaired) electrons. The molecule has 32 heavy (non-hydrogen) atoms. The average Bonchev–Trinajstić information content (AvgIpc) is 3.09. The highest BCUT2D eigenvalue weighted by Gasteiger charge is 2.21. The van der Waals surface area contributed by atoms with Gasteiger partial charge >= 0.3 is 0 Å². The first kappa shape index (κ1) is 20.0. The Morgan fingerprint density at radius 1 is 1.25 bits per heavy atom. The van der Waals surface area contributed by atoms with Crippen molar-refractivity contribution >= 4 is 22.5 Å². The van der Waals surface area contributed by atoms with Crippen molar-refractivity contribution < 1.29 is 13.5 Å². The number of hydrogen-bond acceptors (Lipinski definition) is 6. The van der Waals surface area contributed by atoms with E-state index >= 15 is 0 Å². The van der Waals surface area contributed by atoms with Crippen molar-refractivity contribution in [2.75, 3.05) is 30.3 Å². The molecule has 164 valence electrons. The van der Waals surface area contributed by atoms with Gasteiger partial charge in [0.1, 0.15) is 18.2 Å². The Hall–Kier alpha value is -3.95. The van der Waals surface area contributed by atoms with Gasteiger partial charge in [0.05, 0.1) is 17.6 Å². The number of aromatic amines is 2. The number of hydrogen-bond donors (Lipinski definition) is 4. The van der Waals surface area contributed by atoms with Crippen LogP contribution in [-0.2, 0) is 6.42 Å². The highest BCUT2D eigenvalue weighted by Crippen LogP contribution is 2.34. The van der Waals surface area contributed by atoms with Crippen molar-refractivity contribution in [1.29, 1.82) is 0 Å². The van der Waals surface area contributed by atoms with Crippen LogP contribution in [0.2, 0.25) is 0 Å². The molecule has 0 spiro atoms. The Balaban J connectivity index is 1.45. The zero-order valence-electron chi connectivity index (χ0n) is 17.2. The molecule has 10 heteroatoms. The minimum absolute atomic E-state index is 0.263. The second-order valence-corrected chi connectivity index (χ2v) is 7.48. The van der Waals surface area contributed by atoms with Crippen LogP contribution < -0.4 is 20.9 Å². The van der Waals surface area contributed by atoms with Crippen molar-refractivity contribution in [2.24, 2.45) is 0 Å². The fourth-order valence-corrected chi connectivity index (χ4v) is 3.90. The van der Waals surface area contributed by atoms with Crippen molar-refractivity contribution in [3.05, 3.63) is 63.7 Å². The van der Waals surface area contributed by atoms with Crippen LogP contribution in [0.15, 0.2) is 35.3 Å². The van der Waals surface area contributed by atoms with Crippen molar-refractivity contribution in [3.63, 3.8) is 0 Å². The molecule has 4 N–H and O–H groups in total. The van der Waals surface area contributed by atoms with Crippen LogP contribution in [0.4, 0.5) is 20.4 Å². The lowest BCUT2D eigenvalue weighted by atomic mass is 10.1. The maximum atomic E-state index is 14.1. The molecule has 0 fully saturated rings. The lowest BCUT2D eigenvalue weighted by molar-refractivity contribution is 0.321. The van der Waals surface area contributed by atoms with Crippen LogP contribution >= 0.6 is 0 Å². The molecule has 0 saturated carbocycles. The monoisotopic (exact) mass is 438 g/mol. The summed E-state index contributed by atoms with van der Waals surface area (Å²) < 4.78 is 33.6. The van der Waals surface area contributed by atoms with Crippen LogP contribution in [0.1, 0.15) is 11.3 Å². The predicted octanol–water partition coefficient (Wildman–Crippen LogP) is 3.36. The third kappa shape index (κ3) is 3.53. The first-order valence-electron chi connectivity index (χ1n) is 10.2. The van der Waals surface area contributed by atoms with Crippen LogP contribution in [0.3, 0.4) is 0 Å². The van der Waals surface area contributed by atoms with Crippen molar-refractivity contribution in [3.8, 4) is 17.1 Å². The smallest absolute Gasteiger partial charge is 0.259 e. The number of pyridine rings is 1. The summed E-state index contributed by atoms with van der Waals surface area (Å²) in [5.41, 5.74) is 1.91. The molecule has 1 aliphatic rings. The molecule has 1 aromatic carbocycles. The highest BCUT2D eigenvalue weighted by molar-refractivity contribution is 5.85. The standard InChI is InChI=1S/C22H20F2N6O2/c1-11-13(15-9-12(23)10-16(24)17(15)28-11)4-6-25-20-18-21(26-7-8-32-18)30-19(29-20)14-3-2-5-27-22(14)31/h2-3,5,9-10,28H,4,6-8H2,1H3,(H,27,31)(H2,25,26,29,30). The maximum absolute atomic E-state index is 14.1. The summed E-state index contributed by atoms with van der Waals surface area (Å²) >= 11 is 0.